The molecule has 0 spiro atoms. The summed E-state index contributed by atoms with van der Waals surface area (Å²) in [6.07, 6.45) is 2.51. The molecule has 5 rings (SSSR count). The van der Waals surface area contributed by atoms with Gasteiger partial charge in [0, 0.05) is 24.4 Å². The summed E-state index contributed by atoms with van der Waals surface area (Å²) >= 11 is 0. The van der Waals surface area contributed by atoms with Crippen LogP contribution in [0.1, 0.15) is 11.3 Å². The summed E-state index contributed by atoms with van der Waals surface area (Å²) in [5, 5.41) is 12.4. The van der Waals surface area contributed by atoms with Crippen LogP contribution in [0.5, 0.6) is 17.4 Å². The summed E-state index contributed by atoms with van der Waals surface area (Å²) < 4.78 is 40.8. The predicted molar refractivity (Wildman–Crippen MR) is 117 cm³/mol. The van der Waals surface area contributed by atoms with Crippen molar-refractivity contribution in [3.8, 4) is 23.2 Å². The van der Waals surface area contributed by atoms with E-state index in [0.29, 0.717) is 36.2 Å². The first-order valence-electron chi connectivity index (χ1n) is 9.89. The quantitative estimate of drug-likeness (QED) is 0.480. The number of aromatic nitrogens is 4. The van der Waals surface area contributed by atoms with Gasteiger partial charge in [0.25, 0.3) is 10.0 Å². The normalized spacial score (nSPS) is 12.8. The summed E-state index contributed by atoms with van der Waals surface area (Å²) in [6, 6.07) is 16.7. The molecule has 0 amide bonds. The van der Waals surface area contributed by atoms with E-state index in [9.17, 15) is 8.42 Å². The van der Waals surface area contributed by atoms with Gasteiger partial charge >= 0.3 is 0 Å². The van der Waals surface area contributed by atoms with Gasteiger partial charge in [-0.2, -0.15) is 5.10 Å². The van der Waals surface area contributed by atoms with Crippen molar-refractivity contribution in [3.05, 3.63) is 78.1 Å². The van der Waals surface area contributed by atoms with E-state index in [1.807, 2.05) is 13.0 Å². The van der Waals surface area contributed by atoms with Crippen molar-refractivity contribution in [1.82, 2.24) is 20.0 Å². The highest BCUT2D eigenvalue weighted by molar-refractivity contribution is 7.92. The monoisotopic (exact) mass is 449 g/mol. The van der Waals surface area contributed by atoms with E-state index in [-0.39, 0.29) is 4.90 Å². The molecule has 9 nitrogen and oxygen atoms in total. The Morgan fingerprint density at radius 1 is 1.03 bits per heavy atom. The first-order chi connectivity index (χ1) is 15.5. The fourth-order valence-electron chi connectivity index (χ4n) is 3.29. The average molecular weight is 449 g/mol. The largest absolute Gasteiger partial charge is 0.493 e. The van der Waals surface area contributed by atoms with E-state index in [2.05, 4.69) is 20.0 Å². The van der Waals surface area contributed by atoms with Crippen LogP contribution in [-0.2, 0) is 16.4 Å². The van der Waals surface area contributed by atoms with E-state index in [1.165, 1.54) is 6.07 Å². The van der Waals surface area contributed by atoms with Crippen molar-refractivity contribution in [3.63, 3.8) is 0 Å². The maximum absolute atomic E-state index is 12.7. The van der Waals surface area contributed by atoms with Gasteiger partial charge in [0.1, 0.15) is 11.5 Å². The second kappa shape index (κ2) is 7.97. The smallest absolute Gasteiger partial charge is 0.261 e. The SMILES string of the molecule is Cc1ccn(-c2ccc(Oc3ccc(NS(=O)(=O)c4ccc5c(c4)CCO5)cc3)nn2)n1. The van der Waals surface area contributed by atoms with Crippen molar-refractivity contribution >= 4 is 15.7 Å². The number of fused-ring (bicyclic) bond motifs is 1. The van der Waals surface area contributed by atoms with Crippen molar-refractivity contribution in [2.75, 3.05) is 11.3 Å². The van der Waals surface area contributed by atoms with Gasteiger partial charge in [-0.1, -0.05) is 0 Å². The third-order valence-corrected chi connectivity index (χ3v) is 6.26. The molecule has 4 aromatic rings. The van der Waals surface area contributed by atoms with Gasteiger partial charge in [0.2, 0.25) is 5.88 Å². The Labute approximate surface area is 184 Å². The van der Waals surface area contributed by atoms with Crippen molar-refractivity contribution in [1.29, 1.82) is 0 Å². The molecule has 32 heavy (non-hydrogen) atoms. The fourth-order valence-corrected chi connectivity index (χ4v) is 4.40. The summed E-state index contributed by atoms with van der Waals surface area (Å²) in [7, 11) is -3.71. The van der Waals surface area contributed by atoms with E-state index < -0.39 is 10.0 Å². The molecule has 3 heterocycles. The molecule has 0 atom stereocenters. The van der Waals surface area contributed by atoms with Crippen LogP contribution in [0.2, 0.25) is 0 Å². The Morgan fingerprint density at radius 3 is 2.59 bits per heavy atom. The minimum Gasteiger partial charge on any atom is -0.493 e. The molecular weight excluding hydrogens is 430 g/mol. The Bertz CT molecular complexity index is 1370. The zero-order valence-corrected chi connectivity index (χ0v) is 17.9. The molecule has 0 aliphatic carbocycles. The number of nitrogens with zero attached hydrogens (tertiary/aromatic N) is 4. The van der Waals surface area contributed by atoms with Crippen LogP contribution in [-0.4, -0.2) is 35.0 Å². The molecule has 0 radical (unpaired) electrons. The van der Waals surface area contributed by atoms with Crippen LogP contribution in [0.3, 0.4) is 0 Å². The topological polar surface area (TPSA) is 108 Å². The second-order valence-electron chi connectivity index (χ2n) is 7.23. The molecule has 162 valence electrons. The second-order valence-corrected chi connectivity index (χ2v) is 8.91. The van der Waals surface area contributed by atoms with Gasteiger partial charge in [-0.25, -0.2) is 13.1 Å². The summed E-state index contributed by atoms with van der Waals surface area (Å²) in [4.78, 5) is 0.199. The van der Waals surface area contributed by atoms with E-state index in [1.54, 1.807) is 59.4 Å². The highest BCUT2D eigenvalue weighted by Crippen LogP contribution is 2.29. The highest BCUT2D eigenvalue weighted by Gasteiger charge is 2.19. The average Bonchev–Trinajstić information content (AvgIpc) is 3.44. The van der Waals surface area contributed by atoms with Crippen molar-refractivity contribution in [2.24, 2.45) is 0 Å². The standard InChI is InChI=1S/C22H19N5O4S/c1-15-10-12-27(25-15)21-8-9-22(24-23-21)31-18-4-2-17(3-5-18)26-32(28,29)19-6-7-20-16(14-19)11-13-30-20/h2-10,12,14,26H,11,13H2,1H3. The number of benzene rings is 2. The van der Waals surface area contributed by atoms with Crippen LogP contribution in [0.25, 0.3) is 5.82 Å². The molecule has 1 N–H and O–H groups in total. The van der Waals surface area contributed by atoms with Crippen LogP contribution >= 0.6 is 0 Å². The van der Waals surface area contributed by atoms with Crippen LogP contribution in [0, 0.1) is 6.92 Å². The molecule has 0 unspecified atom stereocenters. The number of hydrogen-bond acceptors (Lipinski definition) is 7. The van der Waals surface area contributed by atoms with E-state index >= 15 is 0 Å². The first kappa shape index (κ1) is 20.0. The number of hydrogen-bond donors (Lipinski definition) is 1. The van der Waals surface area contributed by atoms with Gasteiger partial charge < -0.3 is 9.47 Å². The molecular formula is C22H19N5O4S. The summed E-state index contributed by atoms with van der Waals surface area (Å²) in [5.74, 6) is 2.13. The van der Waals surface area contributed by atoms with Crippen molar-refractivity contribution < 1.29 is 17.9 Å². The minimum atomic E-state index is -3.71. The first-order valence-corrected chi connectivity index (χ1v) is 11.4. The van der Waals surface area contributed by atoms with Gasteiger partial charge in [0.05, 0.1) is 17.2 Å². The summed E-state index contributed by atoms with van der Waals surface area (Å²) in [5.41, 5.74) is 2.20. The molecule has 2 aromatic carbocycles. The molecule has 0 bridgehead atoms. The lowest BCUT2D eigenvalue weighted by Gasteiger charge is -2.10. The van der Waals surface area contributed by atoms with Crippen LogP contribution in [0.15, 0.2) is 71.8 Å². The Kier molecular flexibility index (Phi) is 4.98. The highest BCUT2D eigenvalue weighted by atomic mass is 32.2. The Balaban J connectivity index is 1.26. The molecule has 0 fully saturated rings. The van der Waals surface area contributed by atoms with Gasteiger partial charge in [-0.15, -0.1) is 10.2 Å². The van der Waals surface area contributed by atoms with Crippen LogP contribution < -0.4 is 14.2 Å². The molecule has 10 heteroatoms. The lowest BCUT2D eigenvalue weighted by molar-refractivity contribution is 0.356. The molecule has 1 aliphatic rings. The maximum Gasteiger partial charge on any atom is 0.261 e. The fraction of sp³-hybridized carbons (Fsp3) is 0.136. The number of ether oxygens (including phenoxy) is 2. The molecule has 2 aromatic heterocycles. The third-order valence-electron chi connectivity index (χ3n) is 4.88. The Morgan fingerprint density at radius 2 is 1.88 bits per heavy atom. The number of aryl methyl sites for hydroxylation is 1. The minimum absolute atomic E-state index is 0.199. The van der Waals surface area contributed by atoms with E-state index in [0.717, 1.165) is 17.0 Å². The van der Waals surface area contributed by atoms with Gasteiger partial charge in [-0.3, -0.25) is 4.72 Å². The Hall–Kier alpha value is -3.92. The molecule has 1 aliphatic heterocycles. The van der Waals surface area contributed by atoms with Gasteiger partial charge in [0.15, 0.2) is 5.82 Å². The summed E-state index contributed by atoms with van der Waals surface area (Å²) in [6.45, 7) is 2.47. The van der Waals surface area contributed by atoms with Crippen LogP contribution in [0.4, 0.5) is 5.69 Å². The number of sulfonamides is 1. The zero-order valence-electron chi connectivity index (χ0n) is 17.1. The predicted octanol–water partition coefficient (Wildman–Crippen LogP) is 3.50. The van der Waals surface area contributed by atoms with Gasteiger partial charge in [-0.05, 0) is 67.1 Å². The molecule has 0 saturated heterocycles. The zero-order chi connectivity index (χ0) is 22.1. The van der Waals surface area contributed by atoms with Crippen molar-refractivity contribution in [2.45, 2.75) is 18.2 Å². The lowest BCUT2D eigenvalue weighted by atomic mass is 10.2. The maximum atomic E-state index is 12.7. The number of nitrogens with one attached hydrogen (secondary N) is 1. The number of rotatable bonds is 6. The third kappa shape index (κ3) is 4.12. The van der Waals surface area contributed by atoms with E-state index in [4.69, 9.17) is 9.47 Å². The lowest BCUT2D eigenvalue weighted by Crippen LogP contribution is -2.13. The molecule has 0 saturated carbocycles. The number of anilines is 1.